The molecule has 11 heteroatoms. The van der Waals surface area contributed by atoms with E-state index in [9.17, 15) is 22.8 Å². The van der Waals surface area contributed by atoms with E-state index in [4.69, 9.17) is 0 Å². The molecule has 174 valence electrons. The van der Waals surface area contributed by atoms with Crippen molar-refractivity contribution in [2.24, 2.45) is 7.05 Å². The molecule has 0 atom stereocenters. The first-order valence-electron chi connectivity index (χ1n) is 9.89. The maximum absolute atomic E-state index is 12.8. The highest BCUT2D eigenvalue weighted by atomic mass is 32.2. The largest absolute Gasteiger partial charge is 0.416 e. The summed E-state index contributed by atoms with van der Waals surface area (Å²) in [5.41, 5.74) is 1.99. The van der Waals surface area contributed by atoms with Crippen molar-refractivity contribution in [1.82, 2.24) is 14.8 Å². The number of benzene rings is 2. The average molecular weight is 478 g/mol. The number of carbonyl (C=O) groups excluding carboxylic acids is 2. The first-order valence-corrected chi connectivity index (χ1v) is 10.9. The second kappa shape index (κ2) is 10.1. The number of rotatable bonds is 7. The van der Waals surface area contributed by atoms with Crippen LogP contribution in [0.3, 0.4) is 0 Å². The van der Waals surface area contributed by atoms with E-state index < -0.39 is 17.6 Å². The van der Waals surface area contributed by atoms with Crippen LogP contribution in [0, 0.1) is 13.8 Å². The van der Waals surface area contributed by atoms with Crippen molar-refractivity contribution in [1.29, 1.82) is 0 Å². The molecule has 2 N–H and O–H groups in total. The van der Waals surface area contributed by atoms with Crippen molar-refractivity contribution in [3.05, 3.63) is 65.0 Å². The van der Waals surface area contributed by atoms with E-state index in [1.54, 1.807) is 11.6 Å². The third-order valence-electron chi connectivity index (χ3n) is 4.93. The number of hydrogen-bond donors (Lipinski definition) is 2. The molecule has 0 radical (unpaired) electrons. The summed E-state index contributed by atoms with van der Waals surface area (Å²) >= 11 is 1.16. The second-order valence-electron chi connectivity index (χ2n) is 7.35. The van der Waals surface area contributed by atoms with E-state index in [0.717, 1.165) is 40.7 Å². The van der Waals surface area contributed by atoms with Crippen LogP contribution in [0.1, 0.15) is 22.5 Å². The number of aryl methyl sites for hydroxylation is 1. The third kappa shape index (κ3) is 6.35. The Morgan fingerprint density at radius 3 is 2.48 bits per heavy atom. The van der Waals surface area contributed by atoms with E-state index in [1.165, 1.54) is 12.1 Å². The zero-order chi connectivity index (χ0) is 24.2. The molecule has 2 aromatic carbocycles. The van der Waals surface area contributed by atoms with E-state index in [-0.39, 0.29) is 23.8 Å². The molecule has 0 fully saturated rings. The molecule has 3 aromatic rings. The first-order chi connectivity index (χ1) is 15.5. The van der Waals surface area contributed by atoms with Crippen LogP contribution in [-0.2, 0) is 29.2 Å². The van der Waals surface area contributed by atoms with Gasteiger partial charge in [0.25, 0.3) is 0 Å². The summed E-state index contributed by atoms with van der Waals surface area (Å²) in [5.74, 6) is -0.332. The van der Waals surface area contributed by atoms with Crippen LogP contribution in [-0.4, -0.2) is 32.3 Å². The highest BCUT2D eigenvalue weighted by Crippen LogP contribution is 2.30. The lowest BCUT2D eigenvalue weighted by Crippen LogP contribution is -2.18. The molecule has 0 aliphatic heterocycles. The third-order valence-corrected chi connectivity index (χ3v) is 5.95. The summed E-state index contributed by atoms with van der Waals surface area (Å²) in [6, 6.07) is 10.0. The topological polar surface area (TPSA) is 88.9 Å². The van der Waals surface area contributed by atoms with Gasteiger partial charge in [-0.25, -0.2) is 0 Å². The van der Waals surface area contributed by atoms with Gasteiger partial charge in [0.15, 0.2) is 5.16 Å². The van der Waals surface area contributed by atoms with Gasteiger partial charge in [-0.1, -0.05) is 30.0 Å². The summed E-state index contributed by atoms with van der Waals surface area (Å²) in [6.07, 6.45) is -4.68. The zero-order valence-electron chi connectivity index (χ0n) is 18.2. The lowest BCUT2D eigenvalue weighted by Gasteiger charge is -2.10. The van der Waals surface area contributed by atoms with Gasteiger partial charge in [0.2, 0.25) is 11.8 Å². The Bertz CT molecular complexity index is 1180. The van der Waals surface area contributed by atoms with Crippen LogP contribution < -0.4 is 10.6 Å². The standard InChI is InChI=1S/C22H22F3N5O2S/c1-13-6-4-9-17(14(13)2)27-20(32)12-33-21-29-28-18(30(21)3)11-19(31)26-16-8-5-7-15(10-16)22(23,24)25/h4-10H,11-12H2,1-3H3,(H,26,31)(H,27,32). The summed E-state index contributed by atoms with van der Waals surface area (Å²) in [6.45, 7) is 3.89. The van der Waals surface area contributed by atoms with Crippen LogP contribution >= 0.6 is 11.8 Å². The van der Waals surface area contributed by atoms with Gasteiger partial charge in [-0.15, -0.1) is 10.2 Å². The van der Waals surface area contributed by atoms with Crippen molar-refractivity contribution in [2.45, 2.75) is 31.6 Å². The summed E-state index contributed by atoms with van der Waals surface area (Å²) in [5, 5.41) is 13.7. The Hall–Kier alpha value is -3.34. The van der Waals surface area contributed by atoms with Gasteiger partial charge in [-0.2, -0.15) is 13.2 Å². The lowest BCUT2D eigenvalue weighted by molar-refractivity contribution is -0.137. The highest BCUT2D eigenvalue weighted by Gasteiger charge is 2.30. The fraction of sp³-hybridized carbons (Fsp3) is 0.273. The minimum absolute atomic E-state index is 0.0368. The summed E-state index contributed by atoms with van der Waals surface area (Å²) in [4.78, 5) is 24.6. The molecule has 0 saturated heterocycles. The Balaban J connectivity index is 1.56. The number of alkyl halides is 3. The fourth-order valence-corrected chi connectivity index (χ4v) is 3.68. The van der Waals surface area contributed by atoms with E-state index in [0.29, 0.717) is 11.0 Å². The molecule has 3 rings (SSSR count). The van der Waals surface area contributed by atoms with Crippen LogP contribution in [0.25, 0.3) is 0 Å². The Morgan fingerprint density at radius 1 is 1.03 bits per heavy atom. The van der Waals surface area contributed by atoms with Gasteiger partial charge in [0.05, 0.1) is 17.7 Å². The predicted octanol–water partition coefficient (Wildman–Crippen LogP) is 4.36. The normalized spacial score (nSPS) is 11.3. The van der Waals surface area contributed by atoms with Gasteiger partial charge < -0.3 is 15.2 Å². The molecule has 2 amide bonds. The SMILES string of the molecule is Cc1cccc(NC(=O)CSc2nnc(CC(=O)Nc3cccc(C(F)(F)F)c3)n2C)c1C. The van der Waals surface area contributed by atoms with Crippen LogP contribution in [0.4, 0.5) is 24.5 Å². The van der Waals surface area contributed by atoms with Crippen molar-refractivity contribution in [3.63, 3.8) is 0 Å². The van der Waals surface area contributed by atoms with Crippen molar-refractivity contribution in [3.8, 4) is 0 Å². The van der Waals surface area contributed by atoms with Crippen LogP contribution in [0.15, 0.2) is 47.6 Å². The fourth-order valence-electron chi connectivity index (χ4n) is 2.95. The van der Waals surface area contributed by atoms with E-state index >= 15 is 0 Å². The molecule has 33 heavy (non-hydrogen) atoms. The number of carbonyl (C=O) groups is 2. The molecule has 0 bridgehead atoms. The van der Waals surface area contributed by atoms with Gasteiger partial charge in [0, 0.05) is 18.4 Å². The summed E-state index contributed by atoms with van der Waals surface area (Å²) in [7, 11) is 1.65. The molecule has 0 saturated carbocycles. The van der Waals surface area contributed by atoms with Gasteiger partial charge in [-0.3, -0.25) is 9.59 Å². The number of aromatic nitrogens is 3. The zero-order valence-corrected chi connectivity index (χ0v) is 19.0. The predicted molar refractivity (Wildman–Crippen MR) is 120 cm³/mol. The maximum atomic E-state index is 12.8. The van der Waals surface area contributed by atoms with Gasteiger partial charge in [0.1, 0.15) is 5.82 Å². The molecule has 7 nitrogen and oxygen atoms in total. The average Bonchev–Trinajstić information content (AvgIpc) is 3.08. The molecule has 0 spiro atoms. The first kappa shape index (κ1) is 24.3. The minimum Gasteiger partial charge on any atom is -0.326 e. The molecule has 0 aliphatic rings. The lowest BCUT2D eigenvalue weighted by atomic mass is 10.1. The number of amides is 2. The number of thioether (sulfide) groups is 1. The van der Waals surface area contributed by atoms with Crippen molar-refractivity contribution >= 4 is 35.0 Å². The summed E-state index contributed by atoms with van der Waals surface area (Å²) < 4.78 is 40.1. The molecule has 1 heterocycles. The number of halogens is 3. The highest BCUT2D eigenvalue weighted by molar-refractivity contribution is 7.99. The van der Waals surface area contributed by atoms with E-state index in [2.05, 4.69) is 20.8 Å². The minimum atomic E-state index is -4.50. The smallest absolute Gasteiger partial charge is 0.326 e. The van der Waals surface area contributed by atoms with Gasteiger partial charge in [-0.05, 0) is 49.2 Å². The Morgan fingerprint density at radius 2 is 1.76 bits per heavy atom. The van der Waals surface area contributed by atoms with Crippen LogP contribution in [0.2, 0.25) is 0 Å². The monoisotopic (exact) mass is 477 g/mol. The van der Waals surface area contributed by atoms with E-state index in [1.807, 2.05) is 32.0 Å². The number of nitrogens with zero attached hydrogens (tertiary/aromatic N) is 3. The van der Waals surface area contributed by atoms with Gasteiger partial charge >= 0.3 is 6.18 Å². The Kier molecular flexibility index (Phi) is 7.42. The molecular formula is C22H22F3N5O2S. The number of hydrogen-bond acceptors (Lipinski definition) is 5. The molecule has 0 aliphatic carbocycles. The Labute approximate surface area is 192 Å². The molecular weight excluding hydrogens is 455 g/mol. The number of anilines is 2. The quantitative estimate of drug-likeness (QED) is 0.494. The second-order valence-corrected chi connectivity index (χ2v) is 8.29. The van der Waals surface area contributed by atoms with Crippen molar-refractivity contribution < 1.29 is 22.8 Å². The maximum Gasteiger partial charge on any atom is 0.416 e. The number of nitrogens with one attached hydrogen (secondary N) is 2. The van der Waals surface area contributed by atoms with Crippen LogP contribution in [0.5, 0.6) is 0 Å². The molecule has 0 unspecified atom stereocenters. The molecule has 1 aromatic heterocycles. The van der Waals surface area contributed by atoms with Crippen molar-refractivity contribution in [2.75, 3.05) is 16.4 Å².